The molecule has 0 saturated carbocycles. The molecule has 0 atom stereocenters. The van der Waals surface area contributed by atoms with Gasteiger partial charge in [-0.15, -0.1) is 0 Å². The summed E-state index contributed by atoms with van der Waals surface area (Å²) in [6, 6.07) is 6.29. The van der Waals surface area contributed by atoms with Crippen LogP contribution in [0.2, 0.25) is 0 Å². The van der Waals surface area contributed by atoms with E-state index in [1.54, 1.807) is 12.1 Å². The molecule has 0 unspecified atom stereocenters. The van der Waals surface area contributed by atoms with Gasteiger partial charge in [0.1, 0.15) is 5.76 Å². The molecule has 7 heteroatoms. The SMILES string of the molecule is COc1ccc([N+](=O)[O-])c(NCc2ccco2)n1. The number of pyridine rings is 1. The second-order valence-electron chi connectivity index (χ2n) is 3.41. The van der Waals surface area contributed by atoms with Gasteiger partial charge in [0.2, 0.25) is 11.7 Å². The van der Waals surface area contributed by atoms with Crippen LogP contribution in [0.1, 0.15) is 5.76 Å². The zero-order valence-electron chi connectivity index (χ0n) is 9.62. The summed E-state index contributed by atoms with van der Waals surface area (Å²) in [4.78, 5) is 14.3. The first kappa shape index (κ1) is 11.9. The number of aromatic nitrogens is 1. The van der Waals surface area contributed by atoms with Crippen molar-refractivity contribution >= 4 is 11.5 Å². The quantitative estimate of drug-likeness (QED) is 0.645. The van der Waals surface area contributed by atoms with Crippen molar-refractivity contribution < 1.29 is 14.1 Å². The second kappa shape index (κ2) is 5.17. The highest BCUT2D eigenvalue weighted by molar-refractivity contribution is 5.57. The molecule has 0 spiro atoms. The number of nitrogens with one attached hydrogen (secondary N) is 1. The Balaban J connectivity index is 2.20. The molecule has 0 amide bonds. The highest BCUT2D eigenvalue weighted by Crippen LogP contribution is 2.25. The summed E-state index contributed by atoms with van der Waals surface area (Å²) in [6.07, 6.45) is 1.53. The molecule has 2 heterocycles. The molecule has 0 bridgehead atoms. The molecular weight excluding hydrogens is 238 g/mol. The first-order chi connectivity index (χ1) is 8.70. The topological polar surface area (TPSA) is 90.4 Å². The third-order valence-corrected chi connectivity index (χ3v) is 2.26. The van der Waals surface area contributed by atoms with Gasteiger partial charge < -0.3 is 14.5 Å². The van der Waals surface area contributed by atoms with Crippen molar-refractivity contribution in [3.63, 3.8) is 0 Å². The summed E-state index contributed by atoms with van der Waals surface area (Å²) < 4.78 is 10.1. The lowest BCUT2D eigenvalue weighted by molar-refractivity contribution is -0.384. The first-order valence-electron chi connectivity index (χ1n) is 5.16. The van der Waals surface area contributed by atoms with E-state index in [9.17, 15) is 10.1 Å². The second-order valence-corrected chi connectivity index (χ2v) is 3.41. The minimum atomic E-state index is -0.503. The third kappa shape index (κ3) is 2.57. The fraction of sp³-hybridized carbons (Fsp3) is 0.182. The molecule has 2 aromatic rings. The molecule has 94 valence electrons. The standard InChI is InChI=1S/C11H11N3O4/c1-17-10-5-4-9(14(15)16)11(13-10)12-7-8-3-2-6-18-8/h2-6H,7H2,1H3,(H,12,13). The van der Waals surface area contributed by atoms with E-state index in [1.165, 1.54) is 25.5 Å². The molecule has 0 aliphatic rings. The van der Waals surface area contributed by atoms with Crippen LogP contribution in [-0.4, -0.2) is 17.0 Å². The Hall–Kier alpha value is -2.57. The Morgan fingerprint density at radius 1 is 1.50 bits per heavy atom. The number of nitro groups is 1. The summed E-state index contributed by atoms with van der Waals surface area (Å²) in [5.41, 5.74) is -0.109. The summed E-state index contributed by atoms with van der Waals surface area (Å²) in [5.74, 6) is 1.12. The van der Waals surface area contributed by atoms with Gasteiger partial charge in [-0.05, 0) is 12.1 Å². The average molecular weight is 249 g/mol. The normalized spacial score (nSPS) is 10.1. The predicted molar refractivity (Wildman–Crippen MR) is 63.5 cm³/mol. The summed E-state index contributed by atoms with van der Waals surface area (Å²) in [6.45, 7) is 0.313. The maximum Gasteiger partial charge on any atom is 0.311 e. The monoisotopic (exact) mass is 249 g/mol. The van der Waals surface area contributed by atoms with Gasteiger partial charge in [-0.25, -0.2) is 0 Å². The average Bonchev–Trinajstić information content (AvgIpc) is 2.88. The molecule has 1 N–H and O–H groups in total. The van der Waals surface area contributed by atoms with Crippen molar-refractivity contribution in [1.29, 1.82) is 0 Å². The Morgan fingerprint density at radius 2 is 2.33 bits per heavy atom. The Labute approximate surface area is 103 Å². The predicted octanol–water partition coefficient (Wildman–Crippen LogP) is 2.20. The van der Waals surface area contributed by atoms with Gasteiger partial charge in [-0.3, -0.25) is 10.1 Å². The van der Waals surface area contributed by atoms with Crippen LogP contribution >= 0.6 is 0 Å². The Morgan fingerprint density at radius 3 is 2.94 bits per heavy atom. The van der Waals surface area contributed by atoms with Gasteiger partial charge >= 0.3 is 5.69 Å². The van der Waals surface area contributed by atoms with Crippen molar-refractivity contribution in [3.8, 4) is 5.88 Å². The fourth-order valence-electron chi connectivity index (χ4n) is 1.41. The zero-order chi connectivity index (χ0) is 13.0. The van der Waals surface area contributed by atoms with Gasteiger partial charge in [0, 0.05) is 12.1 Å². The van der Waals surface area contributed by atoms with E-state index in [0.29, 0.717) is 18.2 Å². The van der Waals surface area contributed by atoms with Crippen molar-refractivity contribution in [2.45, 2.75) is 6.54 Å². The van der Waals surface area contributed by atoms with E-state index in [2.05, 4.69) is 10.3 Å². The van der Waals surface area contributed by atoms with E-state index < -0.39 is 4.92 Å². The van der Waals surface area contributed by atoms with Gasteiger partial charge in [0.05, 0.1) is 24.8 Å². The molecule has 7 nitrogen and oxygen atoms in total. The lowest BCUT2D eigenvalue weighted by atomic mass is 10.3. The maximum atomic E-state index is 10.8. The minimum absolute atomic E-state index is 0.109. The van der Waals surface area contributed by atoms with E-state index in [4.69, 9.17) is 9.15 Å². The van der Waals surface area contributed by atoms with Gasteiger partial charge in [0.15, 0.2) is 0 Å². The molecule has 0 saturated heterocycles. The maximum absolute atomic E-state index is 10.8. The molecule has 18 heavy (non-hydrogen) atoms. The number of furan rings is 1. The first-order valence-corrected chi connectivity index (χ1v) is 5.16. The number of hydrogen-bond acceptors (Lipinski definition) is 6. The molecule has 0 radical (unpaired) electrons. The van der Waals surface area contributed by atoms with Crippen molar-refractivity contribution in [3.05, 3.63) is 46.4 Å². The molecular formula is C11H11N3O4. The molecule has 2 rings (SSSR count). The minimum Gasteiger partial charge on any atom is -0.481 e. The van der Waals surface area contributed by atoms with Crippen LogP contribution in [0.5, 0.6) is 5.88 Å². The van der Waals surface area contributed by atoms with E-state index >= 15 is 0 Å². The number of methoxy groups -OCH3 is 1. The largest absolute Gasteiger partial charge is 0.481 e. The van der Waals surface area contributed by atoms with Gasteiger partial charge in [-0.1, -0.05) is 0 Å². The van der Waals surface area contributed by atoms with Crippen LogP contribution < -0.4 is 10.1 Å². The zero-order valence-corrected chi connectivity index (χ0v) is 9.62. The van der Waals surface area contributed by atoms with Gasteiger partial charge in [0.25, 0.3) is 0 Å². The summed E-state index contributed by atoms with van der Waals surface area (Å²) >= 11 is 0. The number of rotatable bonds is 5. The van der Waals surface area contributed by atoms with Crippen LogP contribution in [0.25, 0.3) is 0 Å². The molecule has 2 aromatic heterocycles. The Bertz CT molecular complexity index is 539. The molecule has 0 fully saturated rings. The van der Waals surface area contributed by atoms with Crippen LogP contribution in [0.4, 0.5) is 11.5 Å². The van der Waals surface area contributed by atoms with Crippen molar-refractivity contribution in [2.75, 3.05) is 12.4 Å². The van der Waals surface area contributed by atoms with Crippen LogP contribution in [0, 0.1) is 10.1 Å². The van der Waals surface area contributed by atoms with E-state index in [-0.39, 0.29) is 11.5 Å². The lowest BCUT2D eigenvalue weighted by Crippen LogP contribution is -2.05. The van der Waals surface area contributed by atoms with Crippen LogP contribution in [0.15, 0.2) is 34.9 Å². The molecule has 0 aromatic carbocycles. The van der Waals surface area contributed by atoms with E-state index in [1.807, 2.05) is 0 Å². The lowest BCUT2D eigenvalue weighted by Gasteiger charge is -2.06. The highest BCUT2D eigenvalue weighted by Gasteiger charge is 2.16. The summed E-state index contributed by atoms with van der Waals surface area (Å²) in [7, 11) is 1.45. The fourth-order valence-corrected chi connectivity index (χ4v) is 1.41. The van der Waals surface area contributed by atoms with Crippen LogP contribution in [0.3, 0.4) is 0 Å². The molecule has 0 aliphatic carbocycles. The van der Waals surface area contributed by atoms with E-state index in [0.717, 1.165) is 0 Å². The van der Waals surface area contributed by atoms with Crippen molar-refractivity contribution in [1.82, 2.24) is 4.98 Å². The number of hydrogen-bond donors (Lipinski definition) is 1. The molecule has 0 aliphatic heterocycles. The summed E-state index contributed by atoms with van der Waals surface area (Å²) in [5, 5.41) is 13.7. The third-order valence-electron chi connectivity index (χ3n) is 2.26. The number of anilines is 1. The highest BCUT2D eigenvalue weighted by atomic mass is 16.6. The number of nitrogens with zero attached hydrogens (tertiary/aromatic N) is 2. The number of ether oxygens (including phenoxy) is 1. The van der Waals surface area contributed by atoms with Gasteiger partial charge in [-0.2, -0.15) is 4.98 Å². The Kier molecular flexibility index (Phi) is 3.42. The van der Waals surface area contributed by atoms with Crippen molar-refractivity contribution in [2.24, 2.45) is 0 Å². The van der Waals surface area contributed by atoms with Crippen LogP contribution in [-0.2, 0) is 6.54 Å². The smallest absolute Gasteiger partial charge is 0.311 e.